The summed E-state index contributed by atoms with van der Waals surface area (Å²) in [5.74, 6) is -0.649. The van der Waals surface area contributed by atoms with Crippen molar-refractivity contribution in [3.8, 4) is 0 Å². The summed E-state index contributed by atoms with van der Waals surface area (Å²) in [4.78, 5) is 26.7. The van der Waals surface area contributed by atoms with Gasteiger partial charge in [0.25, 0.3) is 5.91 Å². The van der Waals surface area contributed by atoms with Gasteiger partial charge >= 0.3 is 0 Å². The number of hydrogen-bond acceptors (Lipinski definition) is 4. The molecule has 0 spiro atoms. The fourth-order valence-corrected chi connectivity index (χ4v) is 5.58. The molecule has 2 aromatic carbocycles. The molecular formula is C25H33N3O4S. The number of likely N-dealkylation sites (N-methyl/N-ethyl adjacent to an activating group) is 1. The normalized spacial score (nSPS) is 14.8. The number of nitrogens with one attached hydrogen (secondary N) is 1. The van der Waals surface area contributed by atoms with Crippen LogP contribution in [0.1, 0.15) is 53.6 Å². The second kappa shape index (κ2) is 10.5. The van der Waals surface area contributed by atoms with E-state index in [0.717, 1.165) is 48.9 Å². The van der Waals surface area contributed by atoms with E-state index in [0.29, 0.717) is 5.56 Å². The maximum absolute atomic E-state index is 13.0. The summed E-state index contributed by atoms with van der Waals surface area (Å²) in [6.07, 6.45) is 4.99. The van der Waals surface area contributed by atoms with Crippen LogP contribution in [0.2, 0.25) is 0 Å². The number of anilines is 1. The van der Waals surface area contributed by atoms with Crippen molar-refractivity contribution in [3.05, 3.63) is 59.2 Å². The Hall–Kier alpha value is -2.71. The predicted molar refractivity (Wildman–Crippen MR) is 130 cm³/mol. The molecule has 0 atom stereocenters. The molecule has 33 heavy (non-hydrogen) atoms. The topological polar surface area (TPSA) is 86.8 Å². The van der Waals surface area contributed by atoms with Crippen LogP contribution in [0.5, 0.6) is 0 Å². The summed E-state index contributed by atoms with van der Waals surface area (Å²) < 4.78 is 27.5. The van der Waals surface area contributed by atoms with Gasteiger partial charge in [0.1, 0.15) is 0 Å². The van der Waals surface area contributed by atoms with E-state index in [4.69, 9.17) is 0 Å². The second-order valence-corrected chi connectivity index (χ2v) is 10.8. The van der Waals surface area contributed by atoms with Gasteiger partial charge in [-0.15, -0.1) is 0 Å². The second-order valence-electron chi connectivity index (χ2n) is 8.79. The summed E-state index contributed by atoms with van der Waals surface area (Å²) in [6, 6.07) is 11.6. The molecule has 1 aliphatic carbocycles. The van der Waals surface area contributed by atoms with E-state index >= 15 is 0 Å². The Morgan fingerprint density at radius 3 is 2.24 bits per heavy atom. The van der Waals surface area contributed by atoms with E-state index in [9.17, 15) is 18.0 Å². The Bertz CT molecular complexity index is 1110. The minimum atomic E-state index is -3.62. The van der Waals surface area contributed by atoms with Gasteiger partial charge in [-0.05, 0) is 68.1 Å². The van der Waals surface area contributed by atoms with Crippen molar-refractivity contribution in [2.75, 3.05) is 26.0 Å². The summed E-state index contributed by atoms with van der Waals surface area (Å²) in [6.45, 7) is 3.79. The molecule has 0 unspecified atom stereocenters. The molecule has 1 saturated carbocycles. The van der Waals surface area contributed by atoms with Gasteiger partial charge in [0.05, 0.1) is 11.4 Å². The van der Waals surface area contributed by atoms with Crippen LogP contribution >= 0.6 is 0 Å². The van der Waals surface area contributed by atoms with Crippen molar-refractivity contribution >= 4 is 27.5 Å². The van der Waals surface area contributed by atoms with Gasteiger partial charge in [0, 0.05) is 31.4 Å². The average Bonchev–Trinajstić information content (AvgIpc) is 2.81. The van der Waals surface area contributed by atoms with Crippen LogP contribution in [0, 0.1) is 13.8 Å². The monoisotopic (exact) mass is 471 g/mol. The lowest BCUT2D eigenvalue weighted by molar-refractivity contribution is -0.116. The highest BCUT2D eigenvalue weighted by Crippen LogP contribution is 2.26. The molecule has 0 heterocycles. The summed E-state index contributed by atoms with van der Waals surface area (Å²) in [7, 11) is -0.438. The SMILES string of the molecule is Cc1cccc(NC(=O)CN(C)C(=O)c2ccc(S(=O)(=O)N(C)C3CCCCC3)cc2)c1C. The largest absolute Gasteiger partial charge is 0.332 e. The van der Waals surface area contributed by atoms with Crippen LogP contribution in [0.3, 0.4) is 0 Å². The Morgan fingerprint density at radius 2 is 1.61 bits per heavy atom. The van der Waals surface area contributed by atoms with Crippen LogP contribution < -0.4 is 5.32 Å². The number of sulfonamides is 1. The van der Waals surface area contributed by atoms with Gasteiger partial charge in [-0.3, -0.25) is 9.59 Å². The number of carbonyl (C=O) groups is 2. The standard InChI is InChI=1S/C25H33N3O4S/c1-18-9-8-12-23(19(18)2)26-24(29)17-27(3)25(30)20-13-15-22(16-14-20)33(31,32)28(4)21-10-6-5-7-11-21/h8-9,12-16,21H,5-7,10-11,17H2,1-4H3,(H,26,29). The van der Waals surface area contributed by atoms with E-state index in [1.165, 1.54) is 33.5 Å². The zero-order valence-electron chi connectivity index (χ0n) is 19.8. The molecule has 8 heteroatoms. The quantitative estimate of drug-likeness (QED) is 0.662. The third-order valence-electron chi connectivity index (χ3n) is 6.47. The van der Waals surface area contributed by atoms with E-state index in [2.05, 4.69) is 5.32 Å². The molecule has 7 nitrogen and oxygen atoms in total. The van der Waals surface area contributed by atoms with Gasteiger partial charge in [-0.2, -0.15) is 4.31 Å². The molecule has 0 bridgehead atoms. The maximum atomic E-state index is 13.0. The summed E-state index contributed by atoms with van der Waals surface area (Å²) in [5, 5.41) is 2.84. The highest BCUT2D eigenvalue weighted by atomic mass is 32.2. The fraction of sp³-hybridized carbons (Fsp3) is 0.440. The van der Waals surface area contributed by atoms with Crippen LogP contribution in [0.4, 0.5) is 5.69 Å². The lowest BCUT2D eigenvalue weighted by atomic mass is 9.96. The van der Waals surface area contributed by atoms with Gasteiger partial charge in [-0.25, -0.2) is 8.42 Å². The van der Waals surface area contributed by atoms with Crippen molar-refractivity contribution in [3.63, 3.8) is 0 Å². The molecule has 1 N–H and O–H groups in total. The molecule has 3 rings (SSSR count). The fourth-order valence-electron chi connectivity index (χ4n) is 4.16. The first-order chi connectivity index (χ1) is 15.6. The van der Waals surface area contributed by atoms with Gasteiger partial charge in [-0.1, -0.05) is 31.4 Å². The van der Waals surface area contributed by atoms with Crippen molar-refractivity contribution < 1.29 is 18.0 Å². The van der Waals surface area contributed by atoms with Gasteiger partial charge in [0.15, 0.2) is 0 Å². The summed E-state index contributed by atoms with van der Waals surface area (Å²) in [5.41, 5.74) is 3.10. The van der Waals surface area contributed by atoms with Crippen molar-refractivity contribution in [2.45, 2.75) is 56.9 Å². The molecule has 0 aliphatic heterocycles. The van der Waals surface area contributed by atoms with E-state index in [-0.39, 0.29) is 29.3 Å². The Balaban J connectivity index is 1.64. The molecule has 2 amide bonds. The predicted octanol–water partition coefficient (Wildman–Crippen LogP) is 3.97. The molecule has 1 fully saturated rings. The lowest BCUT2D eigenvalue weighted by Crippen LogP contribution is -2.38. The minimum Gasteiger partial charge on any atom is -0.332 e. The van der Waals surface area contributed by atoms with Crippen LogP contribution in [0.15, 0.2) is 47.4 Å². The minimum absolute atomic E-state index is 0.0201. The highest BCUT2D eigenvalue weighted by molar-refractivity contribution is 7.89. The molecule has 2 aromatic rings. The summed E-state index contributed by atoms with van der Waals surface area (Å²) >= 11 is 0. The number of aryl methyl sites for hydroxylation is 1. The average molecular weight is 472 g/mol. The van der Waals surface area contributed by atoms with Gasteiger partial charge < -0.3 is 10.2 Å². The van der Waals surface area contributed by atoms with E-state index < -0.39 is 10.0 Å². The first kappa shape index (κ1) is 24.9. The first-order valence-corrected chi connectivity index (χ1v) is 12.7. The van der Waals surface area contributed by atoms with Gasteiger partial charge in [0.2, 0.25) is 15.9 Å². The van der Waals surface area contributed by atoms with Crippen LogP contribution in [-0.4, -0.2) is 56.1 Å². The van der Waals surface area contributed by atoms with Crippen LogP contribution in [0.25, 0.3) is 0 Å². The molecular weight excluding hydrogens is 438 g/mol. The number of rotatable bonds is 7. The molecule has 1 aliphatic rings. The zero-order valence-corrected chi connectivity index (χ0v) is 20.6. The smallest absolute Gasteiger partial charge is 0.254 e. The van der Waals surface area contributed by atoms with E-state index in [1.807, 2.05) is 32.0 Å². The number of benzene rings is 2. The lowest BCUT2D eigenvalue weighted by Gasteiger charge is -2.30. The number of carbonyl (C=O) groups excluding carboxylic acids is 2. The van der Waals surface area contributed by atoms with Crippen LogP contribution in [-0.2, 0) is 14.8 Å². The molecule has 0 saturated heterocycles. The third kappa shape index (κ3) is 5.81. The first-order valence-electron chi connectivity index (χ1n) is 11.3. The van der Waals surface area contributed by atoms with Crippen molar-refractivity contribution in [1.29, 1.82) is 0 Å². The van der Waals surface area contributed by atoms with Crippen molar-refractivity contribution in [1.82, 2.24) is 9.21 Å². The third-order valence-corrected chi connectivity index (χ3v) is 8.40. The Kier molecular flexibility index (Phi) is 7.92. The Morgan fingerprint density at radius 1 is 0.970 bits per heavy atom. The van der Waals surface area contributed by atoms with Crippen molar-refractivity contribution in [2.24, 2.45) is 0 Å². The zero-order chi connectivity index (χ0) is 24.2. The number of amides is 2. The molecule has 178 valence electrons. The maximum Gasteiger partial charge on any atom is 0.254 e. The number of nitrogens with zero attached hydrogens (tertiary/aromatic N) is 2. The van der Waals surface area contributed by atoms with E-state index in [1.54, 1.807) is 14.1 Å². The molecule has 0 aromatic heterocycles. The highest BCUT2D eigenvalue weighted by Gasteiger charge is 2.29. The molecule has 0 radical (unpaired) electrons. The Labute approximate surface area is 196 Å². The number of hydrogen-bond donors (Lipinski definition) is 1.